The van der Waals surface area contributed by atoms with Gasteiger partial charge in [-0.05, 0) is 13.3 Å². The third-order valence-corrected chi connectivity index (χ3v) is 3.12. The molecule has 0 saturated carbocycles. The van der Waals surface area contributed by atoms with Crippen molar-refractivity contribution in [2.24, 2.45) is 0 Å². The maximum absolute atomic E-state index is 11.6. The van der Waals surface area contributed by atoms with Gasteiger partial charge in [-0.2, -0.15) is 0 Å². The average molecular weight is 257 g/mol. The van der Waals surface area contributed by atoms with Gasteiger partial charge >= 0.3 is 0 Å². The van der Waals surface area contributed by atoms with E-state index < -0.39 is 0 Å². The summed E-state index contributed by atoms with van der Waals surface area (Å²) in [6.07, 6.45) is 2.14. The molecule has 0 aliphatic carbocycles. The summed E-state index contributed by atoms with van der Waals surface area (Å²) in [4.78, 5) is 13.9. The van der Waals surface area contributed by atoms with Crippen molar-refractivity contribution in [3.8, 4) is 0 Å². The Balaban J connectivity index is 1.97. The molecule has 0 aromatic rings. The molecule has 0 spiro atoms. The minimum Gasteiger partial charge on any atom is -0.379 e. The van der Waals surface area contributed by atoms with Crippen LogP contribution >= 0.6 is 0 Å². The smallest absolute Gasteiger partial charge is 0.234 e. The predicted octanol–water partition coefficient (Wildman–Crippen LogP) is 0.213. The van der Waals surface area contributed by atoms with Crippen molar-refractivity contribution >= 4 is 5.91 Å². The van der Waals surface area contributed by atoms with Gasteiger partial charge in [-0.25, -0.2) is 0 Å². The lowest BCUT2D eigenvalue weighted by atomic mass is 10.2. The van der Waals surface area contributed by atoms with Gasteiger partial charge in [0.1, 0.15) is 0 Å². The number of carbonyl (C=O) groups is 1. The van der Waals surface area contributed by atoms with Crippen LogP contribution in [0.1, 0.15) is 26.7 Å². The van der Waals surface area contributed by atoms with E-state index >= 15 is 0 Å². The van der Waals surface area contributed by atoms with E-state index in [1.807, 2.05) is 0 Å². The first-order valence-electron chi connectivity index (χ1n) is 7.02. The van der Waals surface area contributed by atoms with Gasteiger partial charge in [0.25, 0.3) is 0 Å². The van der Waals surface area contributed by atoms with Crippen LogP contribution < -0.4 is 10.6 Å². The van der Waals surface area contributed by atoms with Crippen molar-refractivity contribution in [1.29, 1.82) is 0 Å². The first-order valence-corrected chi connectivity index (χ1v) is 7.02. The monoisotopic (exact) mass is 257 g/mol. The summed E-state index contributed by atoms with van der Waals surface area (Å²) in [6.45, 7) is 10.1. The summed E-state index contributed by atoms with van der Waals surface area (Å²) in [5, 5.41) is 6.17. The molecule has 1 rings (SSSR count). The van der Waals surface area contributed by atoms with Crippen LogP contribution in [0.15, 0.2) is 0 Å². The second-order valence-corrected chi connectivity index (χ2v) is 4.89. The molecule has 2 N–H and O–H groups in total. The number of amides is 1. The Morgan fingerprint density at radius 3 is 2.78 bits per heavy atom. The van der Waals surface area contributed by atoms with E-state index in [2.05, 4.69) is 29.4 Å². The van der Waals surface area contributed by atoms with Crippen LogP contribution in [0.3, 0.4) is 0 Å². The molecular formula is C13H27N3O2. The highest BCUT2D eigenvalue weighted by Gasteiger charge is 2.10. The Morgan fingerprint density at radius 1 is 1.39 bits per heavy atom. The van der Waals surface area contributed by atoms with Crippen LogP contribution in [0, 0.1) is 0 Å². The van der Waals surface area contributed by atoms with Gasteiger partial charge in [-0.15, -0.1) is 0 Å². The van der Waals surface area contributed by atoms with E-state index in [1.165, 1.54) is 0 Å². The van der Waals surface area contributed by atoms with Gasteiger partial charge in [0.05, 0.1) is 19.8 Å². The van der Waals surface area contributed by atoms with E-state index in [0.717, 1.165) is 52.2 Å². The molecule has 1 saturated heterocycles. The summed E-state index contributed by atoms with van der Waals surface area (Å²) in [5.41, 5.74) is 0. The van der Waals surface area contributed by atoms with E-state index in [9.17, 15) is 4.79 Å². The molecule has 0 aromatic heterocycles. The highest BCUT2D eigenvalue weighted by molar-refractivity contribution is 5.78. The summed E-state index contributed by atoms with van der Waals surface area (Å²) in [6, 6.07) is 0.281. The first-order chi connectivity index (χ1) is 8.72. The molecular weight excluding hydrogens is 230 g/mol. The lowest BCUT2D eigenvalue weighted by Crippen LogP contribution is -2.43. The van der Waals surface area contributed by atoms with Crippen LogP contribution in [0.5, 0.6) is 0 Å². The second-order valence-electron chi connectivity index (χ2n) is 4.89. The van der Waals surface area contributed by atoms with E-state index in [1.54, 1.807) is 0 Å². The number of hydrogen-bond acceptors (Lipinski definition) is 4. The standard InChI is InChI=1S/C13H27N3O2/c1-3-4-12(2)15-13(17)11-14-5-6-16-7-9-18-10-8-16/h12,14H,3-11H2,1-2H3,(H,15,17). The quantitative estimate of drug-likeness (QED) is 0.611. The third kappa shape index (κ3) is 6.93. The minimum absolute atomic E-state index is 0.0953. The Morgan fingerprint density at radius 2 is 2.11 bits per heavy atom. The fourth-order valence-electron chi connectivity index (χ4n) is 2.09. The maximum Gasteiger partial charge on any atom is 0.234 e. The highest BCUT2D eigenvalue weighted by atomic mass is 16.5. The van der Waals surface area contributed by atoms with E-state index in [0.29, 0.717) is 6.54 Å². The number of ether oxygens (including phenoxy) is 1. The Kier molecular flexibility index (Phi) is 7.96. The SMILES string of the molecule is CCCC(C)NC(=O)CNCCN1CCOCC1. The Labute approximate surface area is 110 Å². The van der Waals surface area contributed by atoms with Crippen molar-refractivity contribution < 1.29 is 9.53 Å². The van der Waals surface area contributed by atoms with Gasteiger partial charge in [0.2, 0.25) is 5.91 Å². The zero-order valence-corrected chi connectivity index (χ0v) is 11.7. The van der Waals surface area contributed by atoms with Gasteiger partial charge < -0.3 is 15.4 Å². The highest BCUT2D eigenvalue weighted by Crippen LogP contribution is 1.95. The number of hydrogen-bond donors (Lipinski definition) is 2. The molecule has 1 aliphatic rings. The van der Waals surface area contributed by atoms with Crippen molar-refractivity contribution in [3.63, 3.8) is 0 Å². The van der Waals surface area contributed by atoms with Crippen molar-refractivity contribution in [3.05, 3.63) is 0 Å². The van der Waals surface area contributed by atoms with Crippen LogP contribution in [-0.4, -0.2) is 62.8 Å². The zero-order valence-electron chi connectivity index (χ0n) is 11.7. The second kappa shape index (κ2) is 9.30. The molecule has 5 nitrogen and oxygen atoms in total. The molecule has 0 radical (unpaired) electrons. The van der Waals surface area contributed by atoms with Crippen molar-refractivity contribution in [2.75, 3.05) is 45.9 Å². The van der Waals surface area contributed by atoms with Gasteiger partial charge in [-0.1, -0.05) is 13.3 Å². The molecule has 1 unspecified atom stereocenters. The van der Waals surface area contributed by atoms with E-state index in [4.69, 9.17) is 4.74 Å². The number of morpholine rings is 1. The van der Waals surface area contributed by atoms with Gasteiger partial charge in [0, 0.05) is 32.2 Å². The minimum atomic E-state index is 0.0953. The first kappa shape index (κ1) is 15.4. The normalized spacial score (nSPS) is 18.6. The van der Waals surface area contributed by atoms with Gasteiger partial charge in [0.15, 0.2) is 0 Å². The maximum atomic E-state index is 11.6. The molecule has 0 aromatic carbocycles. The van der Waals surface area contributed by atoms with E-state index in [-0.39, 0.29) is 11.9 Å². The van der Waals surface area contributed by atoms with Crippen LogP contribution in [-0.2, 0) is 9.53 Å². The van der Waals surface area contributed by atoms with Crippen molar-refractivity contribution in [1.82, 2.24) is 15.5 Å². The number of nitrogens with one attached hydrogen (secondary N) is 2. The molecule has 5 heteroatoms. The zero-order chi connectivity index (χ0) is 13.2. The van der Waals surface area contributed by atoms with Crippen LogP contribution in [0.25, 0.3) is 0 Å². The molecule has 18 heavy (non-hydrogen) atoms. The summed E-state index contributed by atoms with van der Waals surface area (Å²) < 4.78 is 5.28. The Hall–Kier alpha value is -0.650. The predicted molar refractivity (Wildman–Crippen MR) is 72.6 cm³/mol. The molecule has 1 aliphatic heterocycles. The summed E-state index contributed by atoms with van der Waals surface area (Å²) in [5.74, 6) is 0.0953. The fourth-order valence-corrected chi connectivity index (χ4v) is 2.09. The van der Waals surface area contributed by atoms with Crippen LogP contribution in [0.4, 0.5) is 0 Å². The molecule has 1 atom stereocenters. The number of carbonyl (C=O) groups excluding carboxylic acids is 1. The molecule has 106 valence electrons. The number of rotatable bonds is 8. The lowest BCUT2D eigenvalue weighted by Gasteiger charge is -2.26. The topological polar surface area (TPSA) is 53.6 Å². The van der Waals surface area contributed by atoms with Crippen LogP contribution in [0.2, 0.25) is 0 Å². The molecule has 1 fully saturated rings. The molecule has 0 bridgehead atoms. The summed E-state index contributed by atoms with van der Waals surface area (Å²) >= 11 is 0. The average Bonchev–Trinajstić information content (AvgIpc) is 2.36. The van der Waals surface area contributed by atoms with Crippen molar-refractivity contribution in [2.45, 2.75) is 32.7 Å². The van der Waals surface area contributed by atoms with Gasteiger partial charge in [-0.3, -0.25) is 9.69 Å². The molecule has 1 heterocycles. The number of nitrogens with zero attached hydrogens (tertiary/aromatic N) is 1. The fraction of sp³-hybridized carbons (Fsp3) is 0.923. The molecule has 1 amide bonds. The summed E-state index contributed by atoms with van der Waals surface area (Å²) in [7, 11) is 0. The third-order valence-electron chi connectivity index (χ3n) is 3.12. The lowest BCUT2D eigenvalue weighted by molar-refractivity contribution is -0.120. The largest absolute Gasteiger partial charge is 0.379 e. The Bertz CT molecular complexity index is 230.